The summed E-state index contributed by atoms with van der Waals surface area (Å²) in [6.45, 7) is 16.6. The van der Waals surface area contributed by atoms with Gasteiger partial charge in [-0.2, -0.15) is 0 Å². The van der Waals surface area contributed by atoms with Crippen LogP contribution in [0.4, 0.5) is 0 Å². The van der Waals surface area contributed by atoms with Crippen molar-refractivity contribution < 1.29 is 0 Å². The third-order valence-corrected chi connectivity index (χ3v) is 9.06. The molecule has 0 amide bonds. The molecule has 0 radical (unpaired) electrons. The van der Waals surface area contributed by atoms with E-state index < -0.39 is 0 Å². The molecule has 5 unspecified atom stereocenters. The van der Waals surface area contributed by atoms with Crippen molar-refractivity contribution in [2.24, 2.45) is 28.4 Å². The predicted octanol–water partition coefficient (Wildman–Crippen LogP) is 8.29. The Bertz CT molecular complexity index is 650. The summed E-state index contributed by atoms with van der Waals surface area (Å²) < 4.78 is 0. The van der Waals surface area contributed by atoms with Gasteiger partial charge < -0.3 is 5.73 Å². The van der Waals surface area contributed by atoms with E-state index in [2.05, 4.69) is 45.9 Å². The number of unbranched alkanes of at least 4 members (excludes halogenated alkanes) is 1. The van der Waals surface area contributed by atoms with Gasteiger partial charge in [-0.05, 0) is 103 Å². The molecule has 3 aliphatic rings. The van der Waals surface area contributed by atoms with Gasteiger partial charge in [-0.25, -0.2) is 0 Å². The molecule has 0 spiro atoms. The summed E-state index contributed by atoms with van der Waals surface area (Å²) in [6, 6.07) is 7.45. The largest absolute Gasteiger partial charge is 0.331 e. The van der Waals surface area contributed by atoms with Crippen LogP contribution >= 0.6 is 0 Å². The number of aryl methyl sites for hydroxylation is 2. The van der Waals surface area contributed by atoms with E-state index in [4.69, 9.17) is 5.73 Å². The maximum absolute atomic E-state index is 4.85. The molecular weight excluding hydrogens is 362 g/mol. The quantitative estimate of drug-likeness (QED) is 0.528. The van der Waals surface area contributed by atoms with Gasteiger partial charge in [0.2, 0.25) is 0 Å². The highest BCUT2D eigenvalue weighted by molar-refractivity contribution is 5.38. The summed E-state index contributed by atoms with van der Waals surface area (Å²) in [5, 5.41) is 0. The van der Waals surface area contributed by atoms with Crippen LogP contribution in [-0.2, 0) is 12.8 Å². The van der Waals surface area contributed by atoms with Crippen molar-refractivity contribution in [3.63, 3.8) is 0 Å². The van der Waals surface area contributed by atoms with Gasteiger partial charge in [0.05, 0.1) is 0 Å². The molecular formula is C29H51N. The molecule has 1 nitrogen and oxygen atoms in total. The first kappa shape index (κ1) is 25.4. The minimum atomic E-state index is 0.601. The third-order valence-electron chi connectivity index (χ3n) is 9.06. The predicted molar refractivity (Wildman–Crippen MR) is 134 cm³/mol. The molecule has 2 N–H and O–H groups in total. The van der Waals surface area contributed by atoms with Gasteiger partial charge in [-0.15, -0.1) is 0 Å². The number of benzene rings is 1. The molecule has 1 aromatic carbocycles. The molecule has 0 heterocycles. The lowest BCUT2D eigenvalue weighted by Gasteiger charge is -2.54. The van der Waals surface area contributed by atoms with E-state index in [0.717, 1.165) is 24.3 Å². The molecule has 3 aliphatic carbocycles. The van der Waals surface area contributed by atoms with Crippen LogP contribution in [0.5, 0.6) is 0 Å². The van der Waals surface area contributed by atoms with Crippen LogP contribution in [0.15, 0.2) is 18.2 Å². The van der Waals surface area contributed by atoms with Crippen LogP contribution in [0.25, 0.3) is 0 Å². The van der Waals surface area contributed by atoms with E-state index in [-0.39, 0.29) is 0 Å². The van der Waals surface area contributed by atoms with E-state index in [1.165, 1.54) is 69.8 Å². The second kappa shape index (κ2) is 11.2. The van der Waals surface area contributed by atoms with Crippen LogP contribution in [0, 0.1) is 22.7 Å². The van der Waals surface area contributed by atoms with Crippen LogP contribution in [0.2, 0.25) is 0 Å². The average molecular weight is 414 g/mol. The highest BCUT2D eigenvalue weighted by Gasteiger charge is 2.59. The van der Waals surface area contributed by atoms with Crippen LogP contribution in [-0.4, -0.2) is 6.54 Å². The lowest BCUT2D eigenvalue weighted by atomic mass is 9.50. The molecule has 30 heavy (non-hydrogen) atoms. The molecule has 2 saturated carbocycles. The first-order chi connectivity index (χ1) is 14.4. The summed E-state index contributed by atoms with van der Waals surface area (Å²) in [5.41, 5.74) is 11.0. The Hall–Kier alpha value is -0.820. The van der Waals surface area contributed by atoms with Gasteiger partial charge >= 0.3 is 0 Å². The summed E-state index contributed by atoms with van der Waals surface area (Å²) >= 11 is 0. The highest BCUT2D eigenvalue weighted by Crippen LogP contribution is 2.68. The molecule has 0 saturated heterocycles. The topological polar surface area (TPSA) is 26.0 Å². The second-order valence-electron chi connectivity index (χ2n) is 10.4. The van der Waals surface area contributed by atoms with Gasteiger partial charge in [-0.3, -0.25) is 0 Å². The Morgan fingerprint density at radius 1 is 1.00 bits per heavy atom. The summed E-state index contributed by atoms with van der Waals surface area (Å²) in [7, 11) is 0. The van der Waals surface area contributed by atoms with Gasteiger partial charge in [0.25, 0.3) is 0 Å². The molecule has 172 valence electrons. The summed E-state index contributed by atoms with van der Waals surface area (Å²) in [5.74, 6) is 2.80. The van der Waals surface area contributed by atoms with Gasteiger partial charge in [0.15, 0.2) is 0 Å². The van der Waals surface area contributed by atoms with Gasteiger partial charge in [0.1, 0.15) is 0 Å². The normalized spacial score (nSPS) is 33.8. The van der Waals surface area contributed by atoms with Crippen molar-refractivity contribution in [2.75, 3.05) is 6.54 Å². The molecule has 4 rings (SSSR count). The average Bonchev–Trinajstić information content (AvgIpc) is 3.04. The molecule has 5 atom stereocenters. The van der Waals surface area contributed by atoms with E-state index in [1.54, 1.807) is 11.1 Å². The Morgan fingerprint density at radius 3 is 2.33 bits per heavy atom. The van der Waals surface area contributed by atoms with Gasteiger partial charge in [0, 0.05) is 0 Å². The number of hydrogen-bond acceptors (Lipinski definition) is 1. The Labute approximate surface area is 188 Å². The van der Waals surface area contributed by atoms with E-state index >= 15 is 0 Å². The van der Waals surface area contributed by atoms with Crippen molar-refractivity contribution in [1.29, 1.82) is 0 Å². The molecule has 2 fully saturated rings. The zero-order chi connectivity index (χ0) is 22.4. The van der Waals surface area contributed by atoms with Crippen LogP contribution in [0.3, 0.4) is 0 Å². The lowest BCUT2D eigenvalue weighted by Crippen LogP contribution is -2.46. The SMILES string of the molecule is CC.CCCCC1(C)CCC2C3CCc4cc(CC)ccc4C3CCC21C.CCN. The Morgan fingerprint density at radius 2 is 1.70 bits per heavy atom. The molecule has 0 aliphatic heterocycles. The Kier molecular flexibility index (Phi) is 9.47. The standard InChI is InChI=1S/C25H38.C2H7N.C2H6/c1-5-7-14-24(3)15-13-23-22-11-9-19-17-18(6-2)8-10-20(19)21(22)12-16-25(23,24)4;1-2-3;1-2/h8,10,17,21-23H,5-7,9,11-16H2,1-4H3;2-3H2,1H3;1-2H3. The van der Waals surface area contributed by atoms with Crippen molar-refractivity contribution in [1.82, 2.24) is 0 Å². The molecule has 0 aromatic heterocycles. The highest BCUT2D eigenvalue weighted by atomic mass is 14.6. The van der Waals surface area contributed by atoms with E-state index in [0.29, 0.717) is 10.8 Å². The fourth-order valence-electron chi connectivity index (χ4n) is 7.19. The maximum Gasteiger partial charge on any atom is -0.0106 e. The van der Waals surface area contributed by atoms with Crippen molar-refractivity contribution in [3.05, 3.63) is 34.9 Å². The Balaban J connectivity index is 0.000000590. The van der Waals surface area contributed by atoms with Crippen LogP contribution in [0.1, 0.15) is 122 Å². The van der Waals surface area contributed by atoms with Crippen molar-refractivity contribution in [3.8, 4) is 0 Å². The fraction of sp³-hybridized carbons (Fsp3) is 0.793. The second-order valence-corrected chi connectivity index (χ2v) is 10.4. The van der Waals surface area contributed by atoms with Gasteiger partial charge in [-0.1, -0.05) is 79.5 Å². The number of nitrogens with two attached hydrogens (primary N) is 1. The third kappa shape index (κ3) is 4.67. The molecule has 0 bridgehead atoms. The summed E-state index contributed by atoms with van der Waals surface area (Å²) in [4.78, 5) is 0. The number of rotatable bonds is 4. The monoisotopic (exact) mass is 413 g/mol. The number of fused-ring (bicyclic) bond motifs is 5. The van der Waals surface area contributed by atoms with E-state index in [1.807, 2.05) is 20.8 Å². The first-order valence-corrected chi connectivity index (χ1v) is 13.3. The number of hydrogen-bond donors (Lipinski definition) is 1. The summed E-state index contributed by atoms with van der Waals surface area (Å²) in [6.07, 6.45) is 14.1. The molecule has 1 heteroatoms. The molecule has 1 aromatic rings. The smallest absolute Gasteiger partial charge is 0.0106 e. The van der Waals surface area contributed by atoms with E-state index in [9.17, 15) is 0 Å². The zero-order valence-electron chi connectivity index (χ0n) is 21.3. The maximum atomic E-state index is 4.85. The van der Waals surface area contributed by atoms with Crippen molar-refractivity contribution >= 4 is 0 Å². The van der Waals surface area contributed by atoms with Crippen LogP contribution < -0.4 is 5.73 Å². The minimum absolute atomic E-state index is 0.601. The fourth-order valence-corrected chi connectivity index (χ4v) is 7.19. The lowest BCUT2D eigenvalue weighted by molar-refractivity contribution is -0.0230. The zero-order valence-corrected chi connectivity index (χ0v) is 21.3. The van der Waals surface area contributed by atoms with Crippen molar-refractivity contribution in [2.45, 2.75) is 119 Å². The first-order valence-electron chi connectivity index (χ1n) is 13.3. The minimum Gasteiger partial charge on any atom is -0.331 e.